The van der Waals surface area contributed by atoms with Crippen LogP contribution in [0.5, 0.6) is 5.75 Å². The second-order valence-corrected chi connectivity index (χ2v) is 8.79. The summed E-state index contributed by atoms with van der Waals surface area (Å²) >= 11 is 0. The minimum Gasteiger partial charge on any atom is -0.491 e. The van der Waals surface area contributed by atoms with Crippen LogP contribution >= 0.6 is 0 Å². The minimum atomic E-state index is 0.537. The van der Waals surface area contributed by atoms with Crippen LogP contribution in [0.2, 0.25) is 0 Å². The van der Waals surface area contributed by atoms with Gasteiger partial charge in [-0.1, -0.05) is 51.2 Å². The number of unbranched alkanes of at least 4 members (excludes halogenated alkanes) is 5. The lowest BCUT2D eigenvalue weighted by Gasteiger charge is -2.09. The van der Waals surface area contributed by atoms with Gasteiger partial charge in [0, 0.05) is 6.54 Å². The van der Waals surface area contributed by atoms with Crippen molar-refractivity contribution in [2.75, 3.05) is 99.5 Å². The van der Waals surface area contributed by atoms with E-state index in [4.69, 9.17) is 33.2 Å². The molecule has 37 heavy (non-hydrogen) atoms. The fraction of sp³-hybridized carbons (Fsp3) is 0.793. The first-order chi connectivity index (χ1) is 18.4. The van der Waals surface area contributed by atoms with Crippen LogP contribution in [0.1, 0.15) is 51.0 Å². The normalized spacial score (nSPS) is 11.3. The molecule has 8 nitrogen and oxygen atoms in total. The summed E-state index contributed by atoms with van der Waals surface area (Å²) in [5.74, 6) is 0.894. The van der Waals surface area contributed by atoms with Gasteiger partial charge in [-0.05, 0) is 37.6 Å². The van der Waals surface area contributed by atoms with Crippen LogP contribution in [0, 0.1) is 0 Å². The molecule has 0 aliphatic rings. The summed E-state index contributed by atoms with van der Waals surface area (Å²) in [7, 11) is 1.90. The summed E-state index contributed by atoms with van der Waals surface area (Å²) in [5.41, 5.74) is 1.38. The van der Waals surface area contributed by atoms with Crippen molar-refractivity contribution in [3.63, 3.8) is 0 Å². The van der Waals surface area contributed by atoms with E-state index in [0.717, 1.165) is 18.7 Å². The van der Waals surface area contributed by atoms with Crippen LogP contribution in [-0.4, -0.2) is 99.5 Å². The zero-order valence-corrected chi connectivity index (χ0v) is 23.5. The Kier molecular flexibility index (Phi) is 25.3. The largest absolute Gasteiger partial charge is 0.491 e. The number of likely N-dealkylation sites (N-methyl/N-ethyl adjacent to an activating group) is 1. The van der Waals surface area contributed by atoms with Gasteiger partial charge in [0.1, 0.15) is 12.4 Å². The molecule has 0 bridgehead atoms. The lowest BCUT2D eigenvalue weighted by molar-refractivity contribution is -0.0176. The SMILES string of the molecule is CCCCCCCCc1ccc(OCCOCCOCCOCCOCCOCCOCCNC)cc1. The van der Waals surface area contributed by atoms with Crippen LogP contribution in [0.15, 0.2) is 24.3 Å². The highest BCUT2D eigenvalue weighted by Gasteiger charge is 1.98. The second-order valence-electron chi connectivity index (χ2n) is 8.79. The van der Waals surface area contributed by atoms with Crippen molar-refractivity contribution in [3.8, 4) is 5.75 Å². The third-order valence-corrected chi connectivity index (χ3v) is 5.60. The van der Waals surface area contributed by atoms with Crippen LogP contribution in [0.25, 0.3) is 0 Å². The standard InChI is InChI=1S/C29H53NO7/c1-3-4-5-6-7-8-9-28-10-12-29(13-11-28)37-27-26-36-25-24-35-23-22-34-21-20-33-19-18-32-17-16-31-15-14-30-2/h10-13,30H,3-9,14-27H2,1-2H3. The van der Waals surface area contributed by atoms with Crippen molar-refractivity contribution in [1.82, 2.24) is 5.32 Å². The van der Waals surface area contributed by atoms with Gasteiger partial charge in [0.25, 0.3) is 0 Å². The van der Waals surface area contributed by atoms with E-state index in [1.54, 1.807) is 0 Å². The molecule has 1 aromatic carbocycles. The molecule has 0 aromatic heterocycles. The average Bonchev–Trinajstić information content (AvgIpc) is 2.92. The molecule has 0 saturated carbocycles. The Morgan fingerprint density at radius 1 is 0.514 bits per heavy atom. The minimum absolute atomic E-state index is 0.537. The van der Waals surface area contributed by atoms with Gasteiger partial charge < -0.3 is 38.5 Å². The van der Waals surface area contributed by atoms with Crippen molar-refractivity contribution in [2.24, 2.45) is 0 Å². The molecule has 1 rings (SSSR count). The van der Waals surface area contributed by atoms with Crippen LogP contribution < -0.4 is 10.1 Å². The topological polar surface area (TPSA) is 76.6 Å². The molecule has 0 unspecified atom stereocenters. The summed E-state index contributed by atoms with van der Waals surface area (Å²) in [5, 5.41) is 3.02. The second kappa shape index (κ2) is 27.8. The first-order valence-corrected chi connectivity index (χ1v) is 14.2. The predicted octanol–water partition coefficient (Wildman–Crippen LogP) is 4.29. The van der Waals surface area contributed by atoms with Gasteiger partial charge in [0.05, 0.1) is 79.3 Å². The van der Waals surface area contributed by atoms with E-state index in [-0.39, 0.29) is 0 Å². The molecule has 0 radical (unpaired) electrons. The molecule has 1 N–H and O–H groups in total. The number of nitrogens with one attached hydrogen (secondary N) is 1. The Balaban J connectivity index is 1.77. The van der Waals surface area contributed by atoms with E-state index >= 15 is 0 Å². The lowest BCUT2D eigenvalue weighted by Crippen LogP contribution is -2.17. The number of ether oxygens (including phenoxy) is 7. The fourth-order valence-corrected chi connectivity index (χ4v) is 3.46. The number of benzene rings is 1. The van der Waals surface area contributed by atoms with E-state index in [9.17, 15) is 0 Å². The summed E-state index contributed by atoms with van der Waals surface area (Å²) in [6, 6.07) is 8.45. The van der Waals surface area contributed by atoms with Crippen molar-refractivity contribution >= 4 is 0 Å². The molecule has 0 aliphatic carbocycles. The molecule has 0 fully saturated rings. The van der Waals surface area contributed by atoms with Gasteiger partial charge in [0.15, 0.2) is 0 Å². The Morgan fingerprint density at radius 3 is 1.43 bits per heavy atom. The molecule has 1 aromatic rings. The maximum absolute atomic E-state index is 5.75. The third kappa shape index (κ3) is 23.6. The van der Waals surface area contributed by atoms with Crippen molar-refractivity contribution in [3.05, 3.63) is 29.8 Å². The molecule has 0 atom stereocenters. The average molecular weight is 528 g/mol. The van der Waals surface area contributed by atoms with Gasteiger partial charge in [0.2, 0.25) is 0 Å². The monoisotopic (exact) mass is 527 g/mol. The number of hydrogen-bond acceptors (Lipinski definition) is 8. The smallest absolute Gasteiger partial charge is 0.119 e. The molecule has 0 heterocycles. The molecule has 0 spiro atoms. The summed E-state index contributed by atoms with van der Waals surface area (Å²) < 4.78 is 38.6. The molecule has 0 saturated heterocycles. The van der Waals surface area contributed by atoms with Gasteiger partial charge in [-0.15, -0.1) is 0 Å². The first-order valence-electron chi connectivity index (χ1n) is 14.2. The van der Waals surface area contributed by atoms with E-state index in [0.29, 0.717) is 85.9 Å². The van der Waals surface area contributed by atoms with Crippen LogP contribution in [-0.2, 0) is 34.8 Å². The predicted molar refractivity (Wildman–Crippen MR) is 148 cm³/mol. The molecular formula is C29H53NO7. The first kappa shape index (κ1) is 33.8. The van der Waals surface area contributed by atoms with Crippen LogP contribution in [0.3, 0.4) is 0 Å². The lowest BCUT2D eigenvalue weighted by atomic mass is 10.0. The van der Waals surface area contributed by atoms with Gasteiger partial charge >= 0.3 is 0 Å². The number of hydrogen-bond donors (Lipinski definition) is 1. The maximum atomic E-state index is 5.75. The Hall–Kier alpha value is -1.26. The van der Waals surface area contributed by atoms with Gasteiger partial charge in [-0.25, -0.2) is 0 Å². The maximum Gasteiger partial charge on any atom is 0.119 e. The molecule has 0 amide bonds. The zero-order chi connectivity index (χ0) is 26.5. The third-order valence-electron chi connectivity index (χ3n) is 5.60. The van der Waals surface area contributed by atoms with Crippen molar-refractivity contribution in [1.29, 1.82) is 0 Å². The highest BCUT2D eigenvalue weighted by Crippen LogP contribution is 2.15. The molecule has 8 heteroatoms. The van der Waals surface area contributed by atoms with E-state index in [1.807, 2.05) is 7.05 Å². The van der Waals surface area contributed by atoms with E-state index in [2.05, 4.69) is 36.5 Å². The van der Waals surface area contributed by atoms with Crippen LogP contribution in [0.4, 0.5) is 0 Å². The highest BCUT2D eigenvalue weighted by atomic mass is 16.6. The summed E-state index contributed by atoms with van der Waals surface area (Å²) in [6.45, 7) is 10.5. The van der Waals surface area contributed by atoms with Gasteiger partial charge in [-0.3, -0.25) is 0 Å². The highest BCUT2D eigenvalue weighted by molar-refractivity contribution is 5.27. The van der Waals surface area contributed by atoms with E-state index < -0.39 is 0 Å². The molecule has 216 valence electrons. The van der Waals surface area contributed by atoms with Gasteiger partial charge in [-0.2, -0.15) is 0 Å². The van der Waals surface area contributed by atoms with Crippen molar-refractivity contribution < 1.29 is 33.2 Å². The summed E-state index contributed by atoms with van der Waals surface area (Å²) in [6.07, 6.45) is 9.14. The zero-order valence-electron chi connectivity index (χ0n) is 23.5. The molecular weight excluding hydrogens is 474 g/mol. The number of rotatable bonds is 29. The van der Waals surface area contributed by atoms with E-state index in [1.165, 1.54) is 44.1 Å². The summed E-state index contributed by atoms with van der Waals surface area (Å²) in [4.78, 5) is 0. The quantitative estimate of drug-likeness (QED) is 0.155. The van der Waals surface area contributed by atoms with Crippen molar-refractivity contribution in [2.45, 2.75) is 51.9 Å². The Morgan fingerprint density at radius 2 is 0.946 bits per heavy atom. The Labute approximate surface area is 225 Å². The number of aryl methyl sites for hydroxylation is 1. The Bertz CT molecular complexity index is 574. The fourth-order valence-electron chi connectivity index (χ4n) is 3.46. The molecule has 0 aliphatic heterocycles.